The lowest BCUT2D eigenvalue weighted by atomic mass is 10.4. The fourth-order valence-corrected chi connectivity index (χ4v) is 1.86. The number of imidazole rings is 1. The summed E-state index contributed by atoms with van der Waals surface area (Å²) in [7, 11) is 0. The number of halogens is 2. The van der Waals surface area contributed by atoms with Crippen molar-refractivity contribution < 1.29 is 0 Å². The van der Waals surface area contributed by atoms with Gasteiger partial charge in [0.1, 0.15) is 0 Å². The summed E-state index contributed by atoms with van der Waals surface area (Å²) in [5, 5.41) is 0.697. The van der Waals surface area contributed by atoms with E-state index in [-0.39, 0.29) is 0 Å². The number of nitrogens with zero attached hydrogens (tertiary/aromatic N) is 2. The zero-order valence-electron chi connectivity index (χ0n) is 5.46. The minimum Gasteiger partial charge on any atom is -0.304 e. The van der Waals surface area contributed by atoms with E-state index in [9.17, 15) is 0 Å². The van der Waals surface area contributed by atoms with Crippen LogP contribution in [0.15, 0.2) is 29.3 Å². The van der Waals surface area contributed by atoms with Crippen LogP contribution in [0, 0.1) is 0 Å². The second-order valence-corrected chi connectivity index (χ2v) is 3.48. The van der Waals surface area contributed by atoms with E-state index in [2.05, 4.69) is 20.9 Å². The molecule has 0 amide bonds. The fraction of sp³-hybridized carbons (Fsp3) is 0. The second-order valence-electron chi connectivity index (χ2n) is 2.19. The van der Waals surface area contributed by atoms with E-state index in [0.29, 0.717) is 5.02 Å². The van der Waals surface area contributed by atoms with Gasteiger partial charge in [-0.2, -0.15) is 0 Å². The summed E-state index contributed by atoms with van der Waals surface area (Å²) in [4.78, 5) is 3.98. The van der Waals surface area contributed by atoms with E-state index < -0.39 is 0 Å². The van der Waals surface area contributed by atoms with Crippen LogP contribution in [0.5, 0.6) is 0 Å². The van der Waals surface area contributed by atoms with Crippen molar-refractivity contribution in [2.75, 3.05) is 0 Å². The topological polar surface area (TPSA) is 17.3 Å². The highest BCUT2D eigenvalue weighted by Gasteiger charge is 1.99. The predicted molar refractivity (Wildman–Crippen MR) is 47.9 cm³/mol. The van der Waals surface area contributed by atoms with Crippen LogP contribution in [0.2, 0.25) is 5.02 Å². The summed E-state index contributed by atoms with van der Waals surface area (Å²) >= 11 is 9.18. The molecule has 0 bridgehead atoms. The average Bonchev–Trinajstić information content (AvgIpc) is 2.34. The van der Waals surface area contributed by atoms with Crippen LogP contribution in [0.3, 0.4) is 0 Å². The Morgan fingerprint density at radius 3 is 3.18 bits per heavy atom. The van der Waals surface area contributed by atoms with Crippen molar-refractivity contribution in [1.29, 1.82) is 0 Å². The van der Waals surface area contributed by atoms with E-state index >= 15 is 0 Å². The van der Waals surface area contributed by atoms with Gasteiger partial charge >= 0.3 is 0 Å². The van der Waals surface area contributed by atoms with Gasteiger partial charge in [0.05, 0.1) is 23.1 Å². The molecule has 0 aliphatic rings. The van der Waals surface area contributed by atoms with Crippen LogP contribution in [0.4, 0.5) is 0 Å². The Balaban J connectivity index is 2.91. The summed E-state index contributed by atoms with van der Waals surface area (Å²) < 4.78 is 2.83. The van der Waals surface area contributed by atoms with Crippen molar-refractivity contribution in [1.82, 2.24) is 9.38 Å². The first kappa shape index (κ1) is 7.13. The zero-order chi connectivity index (χ0) is 7.84. The molecule has 0 N–H and O–H groups in total. The molecule has 0 aromatic carbocycles. The summed E-state index contributed by atoms with van der Waals surface area (Å²) in [6.07, 6.45) is 5.31. The smallest absolute Gasteiger partial charge is 0.0992 e. The molecule has 0 atom stereocenters. The number of aromatic nitrogens is 2. The molecule has 2 aromatic rings. The molecule has 0 aliphatic heterocycles. The summed E-state index contributed by atoms with van der Waals surface area (Å²) in [6.45, 7) is 0. The van der Waals surface area contributed by atoms with E-state index in [1.54, 1.807) is 12.5 Å². The largest absolute Gasteiger partial charge is 0.304 e. The maximum absolute atomic E-state index is 5.80. The molecular formula is C7H4BrClN2. The highest BCUT2D eigenvalue weighted by Crippen LogP contribution is 2.21. The SMILES string of the molecule is Clc1cc(Br)c2cncn2c1. The first-order valence-electron chi connectivity index (χ1n) is 3.04. The van der Waals surface area contributed by atoms with Gasteiger partial charge in [0.15, 0.2) is 0 Å². The van der Waals surface area contributed by atoms with Crippen LogP contribution in [-0.4, -0.2) is 9.38 Å². The standard InChI is InChI=1S/C7H4BrClN2/c8-6-1-5(9)3-11-4-10-2-7(6)11/h1-4H. The summed E-state index contributed by atoms with van der Waals surface area (Å²) in [6, 6.07) is 1.85. The zero-order valence-corrected chi connectivity index (χ0v) is 7.80. The van der Waals surface area contributed by atoms with Gasteiger partial charge < -0.3 is 4.40 Å². The number of hydrogen-bond acceptors (Lipinski definition) is 1. The molecule has 11 heavy (non-hydrogen) atoms. The van der Waals surface area contributed by atoms with Crippen molar-refractivity contribution in [3.8, 4) is 0 Å². The maximum atomic E-state index is 5.80. The third kappa shape index (κ3) is 1.14. The van der Waals surface area contributed by atoms with Crippen molar-refractivity contribution in [2.45, 2.75) is 0 Å². The Labute approximate surface area is 76.9 Å². The number of rotatable bonds is 0. The lowest BCUT2D eigenvalue weighted by Crippen LogP contribution is -1.81. The monoisotopic (exact) mass is 230 g/mol. The van der Waals surface area contributed by atoms with Crippen LogP contribution in [0.1, 0.15) is 0 Å². The molecule has 2 aromatic heterocycles. The van der Waals surface area contributed by atoms with Crippen molar-refractivity contribution in [2.24, 2.45) is 0 Å². The Morgan fingerprint density at radius 2 is 2.36 bits per heavy atom. The number of pyridine rings is 1. The van der Waals surface area contributed by atoms with Gasteiger partial charge in [-0.3, -0.25) is 0 Å². The molecule has 0 radical (unpaired) electrons. The van der Waals surface area contributed by atoms with Gasteiger partial charge in [-0.25, -0.2) is 4.98 Å². The van der Waals surface area contributed by atoms with Gasteiger partial charge in [-0.1, -0.05) is 11.6 Å². The molecule has 4 heteroatoms. The normalized spacial score (nSPS) is 10.7. The van der Waals surface area contributed by atoms with E-state index in [1.165, 1.54) is 0 Å². The Hall–Kier alpha value is -0.540. The number of hydrogen-bond donors (Lipinski definition) is 0. The third-order valence-electron chi connectivity index (χ3n) is 1.44. The Kier molecular flexibility index (Phi) is 1.62. The Bertz CT molecular complexity index is 396. The van der Waals surface area contributed by atoms with Gasteiger partial charge in [0, 0.05) is 10.7 Å². The molecule has 2 rings (SSSR count). The van der Waals surface area contributed by atoms with E-state index in [0.717, 1.165) is 9.99 Å². The number of fused-ring (bicyclic) bond motifs is 1. The molecule has 0 unspecified atom stereocenters. The van der Waals surface area contributed by atoms with Gasteiger partial charge in [0.2, 0.25) is 0 Å². The van der Waals surface area contributed by atoms with Crippen molar-refractivity contribution in [3.63, 3.8) is 0 Å². The third-order valence-corrected chi connectivity index (χ3v) is 2.28. The highest BCUT2D eigenvalue weighted by molar-refractivity contribution is 9.10. The van der Waals surface area contributed by atoms with E-state index in [4.69, 9.17) is 11.6 Å². The van der Waals surface area contributed by atoms with Gasteiger partial charge in [-0.05, 0) is 22.0 Å². The minimum atomic E-state index is 0.697. The Morgan fingerprint density at radius 1 is 1.55 bits per heavy atom. The van der Waals surface area contributed by atoms with Crippen molar-refractivity contribution >= 4 is 33.0 Å². The molecule has 0 spiro atoms. The van der Waals surface area contributed by atoms with Crippen molar-refractivity contribution in [3.05, 3.63) is 34.3 Å². The first-order valence-corrected chi connectivity index (χ1v) is 4.21. The van der Waals surface area contributed by atoms with Crippen LogP contribution < -0.4 is 0 Å². The molecule has 0 fully saturated rings. The van der Waals surface area contributed by atoms with Crippen LogP contribution in [0.25, 0.3) is 5.52 Å². The minimum absolute atomic E-state index is 0.697. The fourth-order valence-electron chi connectivity index (χ4n) is 0.958. The summed E-state index contributed by atoms with van der Waals surface area (Å²) in [5.74, 6) is 0. The van der Waals surface area contributed by atoms with Gasteiger partial charge in [-0.15, -0.1) is 0 Å². The van der Waals surface area contributed by atoms with Crippen LogP contribution >= 0.6 is 27.5 Å². The molecule has 56 valence electrons. The predicted octanol–water partition coefficient (Wildman–Crippen LogP) is 2.75. The quantitative estimate of drug-likeness (QED) is 0.681. The second kappa shape index (κ2) is 2.50. The first-order chi connectivity index (χ1) is 5.27. The molecule has 2 heterocycles. The van der Waals surface area contributed by atoms with Crippen LogP contribution in [-0.2, 0) is 0 Å². The lowest BCUT2D eigenvalue weighted by Gasteiger charge is -1.96. The molecule has 0 saturated heterocycles. The molecular weight excluding hydrogens is 227 g/mol. The average molecular weight is 231 g/mol. The summed E-state index contributed by atoms with van der Waals surface area (Å²) in [5.41, 5.74) is 1.02. The maximum Gasteiger partial charge on any atom is 0.0992 e. The van der Waals surface area contributed by atoms with Gasteiger partial charge in [0.25, 0.3) is 0 Å². The molecule has 0 aliphatic carbocycles. The molecule has 0 saturated carbocycles. The van der Waals surface area contributed by atoms with E-state index in [1.807, 2.05) is 16.7 Å². The lowest BCUT2D eigenvalue weighted by molar-refractivity contribution is 1.15. The highest BCUT2D eigenvalue weighted by atomic mass is 79.9. The molecule has 2 nitrogen and oxygen atoms in total.